The summed E-state index contributed by atoms with van der Waals surface area (Å²) in [6.07, 6.45) is -3.57. The SMILES string of the molecule is N/C(C(=O)O)=C(\N(N)Cc1ccc2ncc(Cl)cc2c1)C(F)(F)F. The fourth-order valence-corrected chi connectivity index (χ4v) is 2.27. The van der Waals surface area contributed by atoms with Crippen LogP contribution in [-0.2, 0) is 11.3 Å². The van der Waals surface area contributed by atoms with E-state index >= 15 is 0 Å². The third-order valence-electron chi connectivity index (χ3n) is 3.11. The van der Waals surface area contributed by atoms with Crippen LogP contribution in [0.5, 0.6) is 0 Å². The van der Waals surface area contributed by atoms with Crippen LogP contribution < -0.4 is 11.6 Å². The Morgan fingerprint density at radius 2 is 2.00 bits per heavy atom. The van der Waals surface area contributed by atoms with E-state index in [2.05, 4.69) is 4.98 Å². The number of hydrazine groups is 1. The van der Waals surface area contributed by atoms with Gasteiger partial charge >= 0.3 is 12.1 Å². The molecule has 0 saturated carbocycles. The van der Waals surface area contributed by atoms with E-state index in [1.807, 2.05) is 0 Å². The molecule has 128 valence electrons. The monoisotopic (exact) mass is 360 g/mol. The molecule has 24 heavy (non-hydrogen) atoms. The molecule has 0 aliphatic rings. The topological polar surface area (TPSA) is 105 Å². The number of carboxylic acid groups (broad SMARTS) is 1. The second kappa shape index (κ2) is 6.54. The number of fused-ring (bicyclic) bond motifs is 1. The van der Waals surface area contributed by atoms with Crippen LogP contribution in [0, 0.1) is 0 Å². The number of rotatable bonds is 4. The van der Waals surface area contributed by atoms with Crippen LogP contribution >= 0.6 is 11.6 Å². The molecule has 0 aliphatic heterocycles. The van der Waals surface area contributed by atoms with E-state index in [1.54, 1.807) is 18.2 Å². The molecule has 2 rings (SSSR count). The number of hydrogen-bond acceptors (Lipinski definition) is 5. The number of carbonyl (C=O) groups is 1. The fourth-order valence-electron chi connectivity index (χ4n) is 2.10. The van der Waals surface area contributed by atoms with Crippen molar-refractivity contribution in [3.05, 3.63) is 52.4 Å². The number of aromatic nitrogens is 1. The molecule has 6 nitrogen and oxygen atoms in total. The Morgan fingerprint density at radius 3 is 2.58 bits per heavy atom. The minimum absolute atomic E-state index is 0.253. The third-order valence-corrected chi connectivity index (χ3v) is 3.31. The zero-order chi connectivity index (χ0) is 18.1. The highest BCUT2D eigenvalue weighted by atomic mass is 35.5. The number of nitrogens with two attached hydrogens (primary N) is 2. The smallest absolute Gasteiger partial charge is 0.434 e. The van der Waals surface area contributed by atoms with Gasteiger partial charge in [0.2, 0.25) is 0 Å². The Bertz CT molecular complexity index is 823. The number of hydrogen-bond donors (Lipinski definition) is 3. The lowest BCUT2D eigenvalue weighted by atomic mass is 10.1. The Balaban J connectivity index is 2.38. The van der Waals surface area contributed by atoms with Gasteiger partial charge in [-0.1, -0.05) is 17.7 Å². The Kier molecular flexibility index (Phi) is 4.86. The Labute approximate surface area is 139 Å². The number of allylic oxidation sites excluding steroid dienone is 1. The summed E-state index contributed by atoms with van der Waals surface area (Å²) in [5.41, 5.74) is 3.02. The number of nitrogens with zero attached hydrogens (tertiary/aromatic N) is 2. The molecule has 10 heteroatoms. The van der Waals surface area contributed by atoms with Gasteiger partial charge in [-0.15, -0.1) is 0 Å². The van der Waals surface area contributed by atoms with Gasteiger partial charge in [-0.3, -0.25) is 4.98 Å². The first-order chi connectivity index (χ1) is 11.1. The third kappa shape index (κ3) is 3.87. The summed E-state index contributed by atoms with van der Waals surface area (Å²) < 4.78 is 39.1. The maximum absolute atomic E-state index is 13.0. The number of carboxylic acids is 1. The van der Waals surface area contributed by atoms with E-state index in [0.717, 1.165) is 0 Å². The van der Waals surface area contributed by atoms with Crippen LogP contribution in [0.2, 0.25) is 5.02 Å². The molecule has 0 radical (unpaired) electrons. The number of halogens is 4. The van der Waals surface area contributed by atoms with Crippen molar-refractivity contribution in [1.82, 2.24) is 9.99 Å². The molecule has 5 N–H and O–H groups in total. The Morgan fingerprint density at radius 1 is 1.33 bits per heavy atom. The molecule has 0 bridgehead atoms. The van der Waals surface area contributed by atoms with Gasteiger partial charge < -0.3 is 15.8 Å². The number of aliphatic carboxylic acids is 1. The van der Waals surface area contributed by atoms with Gasteiger partial charge in [-0.25, -0.2) is 10.6 Å². The van der Waals surface area contributed by atoms with Crippen LogP contribution in [-0.4, -0.2) is 27.2 Å². The van der Waals surface area contributed by atoms with Gasteiger partial charge in [0.1, 0.15) is 5.70 Å². The zero-order valence-corrected chi connectivity index (χ0v) is 12.8. The van der Waals surface area contributed by atoms with Crippen LogP contribution in [0.25, 0.3) is 10.9 Å². The van der Waals surface area contributed by atoms with E-state index in [0.29, 0.717) is 21.5 Å². The maximum atomic E-state index is 13.0. The van der Waals surface area contributed by atoms with Gasteiger partial charge in [0.25, 0.3) is 0 Å². The molecule has 1 aromatic carbocycles. The lowest BCUT2D eigenvalue weighted by molar-refractivity contribution is -0.136. The van der Waals surface area contributed by atoms with Gasteiger partial charge in [0, 0.05) is 11.6 Å². The summed E-state index contributed by atoms with van der Waals surface area (Å²) in [6, 6.07) is 6.26. The first-order valence-corrected chi connectivity index (χ1v) is 6.84. The molecule has 2 aromatic rings. The van der Waals surface area contributed by atoms with E-state index < -0.39 is 30.1 Å². The number of alkyl halides is 3. The number of pyridine rings is 1. The van der Waals surface area contributed by atoms with Crippen molar-refractivity contribution >= 4 is 28.5 Å². The maximum Gasteiger partial charge on any atom is 0.434 e. The molecule has 0 unspecified atom stereocenters. The average Bonchev–Trinajstić information content (AvgIpc) is 2.45. The van der Waals surface area contributed by atoms with Crippen LogP contribution in [0.1, 0.15) is 5.56 Å². The van der Waals surface area contributed by atoms with Gasteiger partial charge in [0.15, 0.2) is 5.70 Å². The second-order valence-corrected chi connectivity index (χ2v) is 5.31. The average molecular weight is 361 g/mol. The minimum atomic E-state index is -5.01. The van der Waals surface area contributed by atoms with Gasteiger partial charge in [-0.05, 0) is 23.8 Å². The summed E-state index contributed by atoms with van der Waals surface area (Å²) in [4.78, 5) is 14.8. The quantitative estimate of drug-likeness (QED) is 0.439. The molecule has 0 amide bonds. The van der Waals surface area contributed by atoms with E-state index in [9.17, 15) is 18.0 Å². The lowest BCUT2D eigenvalue weighted by Crippen LogP contribution is -2.40. The summed E-state index contributed by atoms with van der Waals surface area (Å²) in [5, 5.41) is 9.95. The highest BCUT2D eigenvalue weighted by Gasteiger charge is 2.41. The van der Waals surface area contributed by atoms with Crippen molar-refractivity contribution in [2.24, 2.45) is 11.6 Å². The minimum Gasteiger partial charge on any atom is -0.477 e. The van der Waals surface area contributed by atoms with Crippen LogP contribution in [0.15, 0.2) is 41.9 Å². The van der Waals surface area contributed by atoms with Crippen molar-refractivity contribution in [2.45, 2.75) is 12.7 Å². The molecular weight excluding hydrogens is 349 g/mol. The van der Waals surface area contributed by atoms with Crippen molar-refractivity contribution in [3.63, 3.8) is 0 Å². The second-order valence-electron chi connectivity index (χ2n) is 4.87. The normalized spacial score (nSPS) is 12.9. The molecule has 0 saturated heterocycles. The molecular formula is C14H12ClF3N4O2. The fraction of sp³-hybridized carbons (Fsp3) is 0.143. The van der Waals surface area contributed by atoms with Crippen molar-refractivity contribution in [1.29, 1.82) is 0 Å². The predicted octanol–water partition coefficient (Wildman–Crippen LogP) is 2.38. The van der Waals surface area contributed by atoms with E-state index in [-0.39, 0.29) is 5.01 Å². The molecule has 0 atom stereocenters. The highest BCUT2D eigenvalue weighted by molar-refractivity contribution is 6.31. The van der Waals surface area contributed by atoms with Crippen molar-refractivity contribution in [2.75, 3.05) is 0 Å². The molecule has 0 fully saturated rings. The van der Waals surface area contributed by atoms with Crippen LogP contribution in [0.3, 0.4) is 0 Å². The van der Waals surface area contributed by atoms with E-state index in [1.165, 1.54) is 12.3 Å². The van der Waals surface area contributed by atoms with E-state index in [4.69, 9.17) is 28.3 Å². The summed E-state index contributed by atoms with van der Waals surface area (Å²) in [5.74, 6) is 3.51. The van der Waals surface area contributed by atoms with Crippen LogP contribution in [0.4, 0.5) is 13.2 Å². The molecule has 1 aromatic heterocycles. The summed E-state index contributed by atoms with van der Waals surface area (Å²) in [7, 11) is 0. The molecule has 0 spiro atoms. The highest BCUT2D eigenvalue weighted by Crippen LogP contribution is 2.29. The van der Waals surface area contributed by atoms with Crippen molar-refractivity contribution < 1.29 is 23.1 Å². The standard InChI is InChI=1S/C14H12ClF3N4O2/c15-9-4-8-3-7(1-2-10(8)21-5-9)6-22(20)12(14(16,17)18)11(19)13(23)24/h1-5H,6,19-20H2,(H,23,24)/b12-11-. The predicted molar refractivity (Wildman–Crippen MR) is 81.4 cm³/mol. The number of benzene rings is 1. The lowest BCUT2D eigenvalue weighted by Gasteiger charge is -2.24. The van der Waals surface area contributed by atoms with Gasteiger partial charge in [-0.2, -0.15) is 13.2 Å². The largest absolute Gasteiger partial charge is 0.477 e. The zero-order valence-electron chi connectivity index (χ0n) is 12.0. The summed E-state index contributed by atoms with van der Waals surface area (Å²) in [6.45, 7) is -0.411. The molecule has 0 aliphatic carbocycles. The summed E-state index contributed by atoms with van der Waals surface area (Å²) >= 11 is 5.83. The Hall–Kier alpha value is -2.52. The van der Waals surface area contributed by atoms with Crippen molar-refractivity contribution in [3.8, 4) is 0 Å². The first kappa shape index (κ1) is 17.8. The first-order valence-electron chi connectivity index (χ1n) is 6.46. The van der Waals surface area contributed by atoms with Gasteiger partial charge in [0.05, 0.1) is 17.1 Å². The molecule has 1 heterocycles.